The lowest BCUT2D eigenvalue weighted by atomic mass is 10.2. The van der Waals surface area contributed by atoms with E-state index in [1.54, 1.807) is 36.4 Å². The van der Waals surface area contributed by atoms with Crippen LogP contribution in [-0.2, 0) is 9.84 Å². The average molecular weight is 426 g/mol. The number of thiophene rings is 1. The van der Waals surface area contributed by atoms with Crippen molar-refractivity contribution in [1.82, 2.24) is 0 Å². The molecule has 0 aliphatic rings. The predicted octanol–water partition coefficient (Wildman–Crippen LogP) is 5.38. The van der Waals surface area contributed by atoms with Crippen LogP contribution in [0.25, 0.3) is 10.4 Å². The molecule has 8 heteroatoms. The molecule has 0 bridgehead atoms. The van der Waals surface area contributed by atoms with Gasteiger partial charge in [0.05, 0.1) is 9.77 Å². The number of carbonyl (C=O) groups excluding carboxylic acids is 1. The summed E-state index contributed by atoms with van der Waals surface area (Å²) in [5, 5.41) is 3.75. The molecule has 1 N–H and O–H groups in total. The minimum Gasteiger partial charge on any atom is -0.321 e. The zero-order valence-corrected chi connectivity index (χ0v) is 16.6. The molecule has 0 aliphatic heterocycles. The minimum absolute atomic E-state index is 0.149. The van der Waals surface area contributed by atoms with Gasteiger partial charge < -0.3 is 5.32 Å². The van der Waals surface area contributed by atoms with Gasteiger partial charge in [-0.25, -0.2) is 8.42 Å². The number of sulfone groups is 1. The summed E-state index contributed by atoms with van der Waals surface area (Å²) in [6.07, 6.45) is 1.12. The normalized spacial score (nSPS) is 11.3. The van der Waals surface area contributed by atoms with Gasteiger partial charge >= 0.3 is 0 Å². The van der Waals surface area contributed by atoms with Crippen molar-refractivity contribution >= 4 is 56.0 Å². The van der Waals surface area contributed by atoms with Gasteiger partial charge in [-0.3, -0.25) is 4.79 Å². The van der Waals surface area contributed by atoms with Crippen molar-refractivity contribution in [2.75, 3.05) is 11.6 Å². The molecule has 0 spiro atoms. The van der Waals surface area contributed by atoms with Gasteiger partial charge in [0, 0.05) is 26.9 Å². The van der Waals surface area contributed by atoms with Crippen LogP contribution in [0.2, 0.25) is 10.0 Å². The first-order valence-electron chi connectivity index (χ1n) is 7.40. The molecule has 1 heterocycles. The largest absolute Gasteiger partial charge is 0.321 e. The molecule has 0 saturated heterocycles. The van der Waals surface area contributed by atoms with E-state index in [-0.39, 0.29) is 10.8 Å². The molecule has 0 fully saturated rings. The Kier molecular flexibility index (Phi) is 5.39. The number of amides is 1. The van der Waals surface area contributed by atoms with Gasteiger partial charge in [-0.05, 0) is 54.1 Å². The van der Waals surface area contributed by atoms with Crippen LogP contribution >= 0.6 is 34.5 Å². The summed E-state index contributed by atoms with van der Waals surface area (Å²) in [5.74, 6) is -0.319. The van der Waals surface area contributed by atoms with Crippen LogP contribution in [0.3, 0.4) is 0 Å². The molecule has 0 aliphatic carbocycles. The average Bonchev–Trinajstić information content (AvgIpc) is 3.03. The van der Waals surface area contributed by atoms with Crippen LogP contribution in [0.5, 0.6) is 0 Å². The first kappa shape index (κ1) is 18.9. The maximum atomic E-state index is 12.5. The monoisotopic (exact) mass is 425 g/mol. The predicted molar refractivity (Wildman–Crippen MR) is 107 cm³/mol. The molecule has 134 valence electrons. The Morgan fingerprint density at radius 2 is 1.69 bits per heavy atom. The summed E-state index contributed by atoms with van der Waals surface area (Å²) >= 11 is 13.3. The van der Waals surface area contributed by atoms with Crippen molar-refractivity contribution in [3.05, 3.63) is 69.5 Å². The quantitative estimate of drug-likeness (QED) is 0.610. The standard InChI is InChI=1S/C18H13Cl2NO3S2/c1-26(23,24)15-4-2-3-14(10-15)21-18(22)17-6-5-16(25-17)11-7-12(19)9-13(20)8-11/h2-10H,1H3,(H,21,22). The number of anilines is 1. The third kappa shape index (κ3) is 4.45. The number of rotatable bonds is 4. The second-order valence-corrected chi connectivity index (χ2v) is 9.55. The number of carbonyl (C=O) groups is 1. The highest BCUT2D eigenvalue weighted by Gasteiger charge is 2.13. The van der Waals surface area contributed by atoms with E-state index < -0.39 is 9.84 Å². The molecule has 2 aromatic carbocycles. The van der Waals surface area contributed by atoms with E-state index in [1.807, 2.05) is 6.07 Å². The van der Waals surface area contributed by atoms with Gasteiger partial charge in [0.1, 0.15) is 0 Å². The Morgan fingerprint density at radius 1 is 1.00 bits per heavy atom. The van der Waals surface area contributed by atoms with Gasteiger partial charge in [0.15, 0.2) is 9.84 Å². The van der Waals surface area contributed by atoms with Crippen LogP contribution in [0, 0.1) is 0 Å². The third-order valence-corrected chi connectivity index (χ3v) is 6.18. The zero-order chi connectivity index (χ0) is 18.9. The van der Waals surface area contributed by atoms with Crippen LogP contribution in [0.1, 0.15) is 9.67 Å². The van der Waals surface area contributed by atoms with Gasteiger partial charge in [-0.15, -0.1) is 11.3 Å². The van der Waals surface area contributed by atoms with Crippen molar-refractivity contribution in [2.24, 2.45) is 0 Å². The second kappa shape index (κ2) is 7.40. The van der Waals surface area contributed by atoms with Crippen LogP contribution < -0.4 is 5.32 Å². The Hall–Kier alpha value is -1.86. The van der Waals surface area contributed by atoms with Crippen molar-refractivity contribution in [3.63, 3.8) is 0 Å². The van der Waals surface area contributed by atoms with Crippen molar-refractivity contribution in [3.8, 4) is 10.4 Å². The van der Waals surface area contributed by atoms with E-state index in [9.17, 15) is 13.2 Å². The molecule has 3 aromatic rings. The Balaban J connectivity index is 1.83. The van der Waals surface area contributed by atoms with E-state index in [4.69, 9.17) is 23.2 Å². The Bertz CT molecular complexity index is 1070. The topological polar surface area (TPSA) is 63.2 Å². The fourth-order valence-electron chi connectivity index (χ4n) is 2.31. The van der Waals surface area contributed by atoms with E-state index in [0.717, 1.165) is 16.7 Å². The van der Waals surface area contributed by atoms with E-state index >= 15 is 0 Å². The van der Waals surface area contributed by atoms with Crippen LogP contribution in [0.15, 0.2) is 59.5 Å². The van der Waals surface area contributed by atoms with Gasteiger partial charge in [0.2, 0.25) is 0 Å². The maximum absolute atomic E-state index is 12.5. The molecule has 3 rings (SSSR count). The lowest BCUT2D eigenvalue weighted by Gasteiger charge is -2.05. The lowest BCUT2D eigenvalue weighted by Crippen LogP contribution is -2.10. The minimum atomic E-state index is -3.34. The molecule has 0 saturated carbocycles. The number of hydrogen-bond acceptors (Lipinski definition) is 4. The summed E-state index contributed by atoms with van der Waals surface area (Å²) in [7, 11) is -3.34. The summed E-state index contributed by atoms with van der Waals surface area (Å²) < 4.78 is 23.2. The third-order valence-electron chi connectivity index (χ3n) is 3.50. The van der Waals surface area contributed by atoms with Crippen LogP contribution in [-0.4, -0.2) is 20.6 Å². The zero-order valence-electron chi connectivity index (χ0n) is 13.5. The van der Waals surface area contributed by atoms with Crippen molar-refractivity contribution in [1.29, 1.82) is 0 Å². The summed E-state index contributed by atoms with van der Waals surface area (Å²) in [4.78, 5) is 13.9. The number of hydrogen-bond donors (Lipinski definition) is 1. The first-order valence-corrected chi connectivity index (χ1v) is 10.9. The first-order chi connectivity index (χ1) is 12.2. The Morgan fingerprint density at radius 3 is 2.35 bits per heavy atom. The highest BCUT2D eigenvalue weighted by Crippen LogP contribution is 2.32. The highest BCUT2D eigenvalue weighted by atomic mass is 35.5. The summed E-state index contributed by atoms with van der Waals surface area (Å²) in [6, 6.07) is 14.8. The van der Waals surface area contributed by atoms with Gasteiger partial charge in [0.25, 0.3) is 5.91 Å². The second-order valence-electron chi connectivity index (χ2n) is 5.58. The maximum Gasteiger partial charge on any atom is 0.265 e. The molecule has 0 unspecified atom stereocenters. The van der Waals surface area contributed by atoms with Gasteiger partial charge in [-0.1, -0.05) is 29.3 Å². The van der Waals surface area contributed by atoms with Gasteiger partial charge in [-0.2, -0.15) is 0 Å². The van der Waals surface area contributed by atoms with Crippen molar-refractivity contribution in [2.45, 2.75) is 4.90 Å². The molecule has 0 radical (unpaired) electrons. The molecular formula is C18H13Cl2NO3S2. The Labute approximate surface area is 165 Å². The summed E-state index contributed by atoms with van der Waals surface area (Å²) in [6.45, 7) is 0. The molecule has 1 aromatic heterocycles. The highest BCUT2D eigenvalue weighted by molar-refractivity contribution is 7.90. The lowest BCUT2D eigenvalue weighted by molar-refractivity contribution is 0.103. The van der Waals surface area contributed by atoms with E-state index in [1.165, 1.54) is 23.5 Å². The summed E-state index contributed by atoms with van der Waals surface area (Å²) in [5.41, 5.74) is 1.24. The van der Waals surface area contributed by atoms with E-state index in [2.05, 4.69) is 5.32 Å². The molecular weight excluding hydrogens is 413 g/mol. The molecule has 4 nitrogen and oxygen atoms in total. The van der Waals surface area contributed by atoms with E-state index in [0.29, 0.717) is 20.6 Å². The fraction of sp³-hybridized carbons (Fsp3) is 0.0556. The fourth-order valence-corrected chi connectivity index (χ4v) is 4.39. The van der Waals surface area contributed by atoms with Crippen LogP contribution in [0.4, 0.5) is 5.69 Å². The molecule has 0 atom stereocenters. The van der Waals surface area contributed by atoms with Crippen molar-refractivity contribution < 1.29 is 13.2 Å². The number of halogens is 2. The SMILES string of the molecule is CS(=O)(=O)c1cccc(NC(=O)c2ccc(-c3cc(Cl)cc(Cl)c3)s2)c1. The number of nitrogens with one attached hydrogen (secondary N) is 1. The molecule has 1 amide bonds. The smallest absolute Gasteiger partial charge is 0.265 e. The molecule has 26 heavy (non-hydrogen) atoms. The number of benzene rings is 2.